The smallest absolute Gasteiger partial charge is 0.243 e. The van der Waals surface area contributed by atoms with E-state index in [1.807, 2.05) is 18.2 Å². The van der Waals surface area contributed by atoms with Crippen LogP contribution >= 0.6 is 0 Å². The second-order valence-corrected chi connectivity index (χ2v) is 6.73. The SMILES string of the molecule is C[C@](C#N)(NC(=O)Cn1nnnc1CCCc1ccccc1)C1CC1. The summed E-state index contributed by atoms with van der Waals surface area (Å²) in [7, 11) is 0. The van der Waals surface area contributed by atoms with Crippen LogP contribution in [0.1, 0.15) is 37.6 Å². The van der Waals surface area contributed by atoms with E-state index in [1.165, 1.54) is 10.2 Å². The van der Waals surface area contributed by atoms with Gasteiger partial charge >= 0.3 is 0 Å². The topological polar surface area (TPSA) is 96.5 Å². The third-order valence-corrected chi connectivity index (χ3v) is 4.63. The maximum atomic E-state index is 12.3. The lowest BCUT2D eigenvalue weighted by atomic mass is 9.98. The molecule has 7 nitrogen and oxygen atoms in total. The molecule has 1 N–H and O–H groups in total. The Morgan fingerprint density at radius 2 is 2.12 bits per heavy atom. The number of tetrazole rings is 1. The van der Waals surface area contributed by atoms with Crippen molar-refractivity contribution in [2.24, 2.45) is 5.92 Å². The Hall–Kier alpha value is -2.75. The van der Waals surface area contributed by atoms with Crippen molar-refractivity contribution in [2.45, 2.75) is 51.1 Å². The van der Waals surface area contributed by atoms with Gasteiger partial charge in [-0.15, -0.1) is 5.10 Å². The zero-order valence-electron chi connectivity index (χ0n) is 14.4. The fourth-order valence-corrected chi connectivity index (χ4v) is 2.97. The van der Waals surface area contributed by atoms with Crippen LogP contribution in [-0.2, 0) is 24.2 Å². The molecular weight excluding hydrogens is 316 g/mol. The molecule has 25 heavy (non-hydrogen) atoms. The monoisotopic (exact) mass is 338 g/mol. The Morgan fingerprint density at radius 1 is 1.36 bits per heavy atom. The first-order valence-electron chi connectivity index (χ1n) is 8.62. The number of nitrogens with one attached hydrogen (secondary N) is 1. The van der Waals surface area contributed by atoms with Gasteiger partial charge in [0.15, 0.2) is 5.82 Å². The molecule has 0 saturated heterocycles. The molecule has 0 aliphatic heterocycles. The van der Waals surface area contributed by atoms with E-state index in [2.05, 4.69) is 39.0 Å². The minimum Gasteiger partial charge on any atom is -0.336 e. The van der Waals surface area contributed by atoms with Crippen molar-refractivity contribution in [1.82, 2.24) is 25.5 Å². The maximum absolute atomic E-state index is 12.3. The van der Waals surface area contributed by atoms with Gasteiger partial charge in [-0.1, -0.05) is 30.3 Å². The highest BCUT2D eigenvalue weighted by atomic mass is 16.2. The van der Waals surface area contributed by atoms with E-state index < -0.39 is 5.54 Å². The second kappa shape index (κ2) is 7.43. The molecule has 1 aliphatic rings. The molecule has 1 aromatic carbocycles. The summed E-state index contributed by atoms with van der Waals surface area (Å²) < 4.78 is 1.52. The number of carbonyl (C=O) groups excluding carboxylic acids is 1. The number of hydrogen-bond donors (Lipinski definition) is 1. The van der Waals surface area contributed by atoms with Crippen LogP contribution in [0.5, 0.6) is 0 Å². The lowest BCUT2D eigenvalue weighted by Crippen LogP contribution is -2.48. The molecule has 1 aliphatic carbocycles. The summed E-state index contributed by atoms with van der Waals surface area (Å²) >= 11 is 0. The number of nitriles is 1. The molecule has 1 aromatic heterocycles. The minimum absolute atomic E-state index is 0.0393. The lowest BCUT2D eigenvalue weighted by Gasteiger charge is -2.22. The van der Waals surface area contributed by atoms with Crippen LogP contribution in [0.2, 0.25) is 0 Å². The van der Waals surface area contributed by atoms with Gasteiger partial charge in [0, 0.05) is 6.42 Å². The highest BCUT2D eigenvalue weighted by Gasteiger charge is 2.43. The Morgan fingerprint density at radius 3 is 2.80 bits per heavy atom. The first kappa shape index (κ1) is 17.1. The number of benzene rings is 1. The normalized spacial score (nSPS) is 16.0. The average Bonchev–Trinajstić information content (AvgIpc) is 3.39. The number of amides is 1. The van der Waals surface area contributed by atoms with E-state index >= 15 is 0 Å². The molecule has 1 amide bonds. The quantitative estimate of drug-likeness (QED) is 0.789. The molecule has 3 rings (SSSR count). The first-order chi connectivity index (χ1) is 12.1. The van der Waals surface area contributed by atoms with E-state index in [-0.39, 0.29) is 18.4 Å². The van der Waals surface area contributed by atoms with Crippen molar-refractivity contribution in [2.75, 3.05) is 0 Å². The predicted molar refractivity (Wildman–Crippen MR) is 91.2 cm³/mol. The first-order valence-corrected chi connectivity index (χ1v) is 8.62. The lowest BCUT2D eigenvalue weighted by molar-refractivity contribution is -0.123. The van der Waals surface area contributed by atoms with Gasteiger partial charge in [-0.3, -0.25) is 4.79 Å². The average molecular weight is 338 g/mol. The Labute approximate surface area is 147 Å². The summed E-state index contributed by atoms with van der Waals surface area (Å²) in [5.74, 6) is 0.712. The van der Waals surface area contributed by atoms with E-state index in [1.54, 1.807) is 6.92 Å². The van der Waals surface area contributed by atoms with E-state index in [0.717, 1.165) is 25.7 Å². The molecule has 0 bridgehead atoms. The van der Waals surface area contributed by atoms with Crippen molar-refractivity contribution in [3.63, 3.8) is 0 Å². The highest BCUT2D eigenvalue weighted by molar-refractivity contribution is 5.77. The Bertz CT molecular complexity index is 761. The van der Waals surface area contributed by atoms with E-state index in [0.29, 0.717) is 12.2 Å². The molecule has 1 saturated carbocycles. The summed E-state index contributed by atoms with van der Waals surface area (Å²) in [6.45, 7) is 1.82. The highest BCUT2D eigenvalue weighted by Crippen LogP contribution is 2.39. The van der Waals surface area contributed by atoms with Gasteiger partial charge in [0.1, 0.15) is 12.1 Å². The standard InChI is InChI=1S/C18H22N6O/c1-18(13-19,15-10-11-15)20-17(25)12-24-16(21-22-23-24)9-5-8-14-6-3-2-4-7-14/h2-4,6-7,15H,5,8-12H2,1H3,(H,20,25)/t18-/m1/s1. The van der Waals surface area contributed by atoms with Crippen LogP contribution in [-0.4, -0.2) is 31.7 Å². The molecule has 1 fully saturated rings. The number of carbonyl (C=O) groups is 1. The molecule has 0 spiro atoms. The van der Waals surface area contributed by atoms with Crippen LogP contribution in [0, 0.1) is 17.2 Å². The molecule has 2 aromatic rings. The summed E-state index contributed by atoms with van der Waals surface area (Å²) in [5.41, 5.74) is 0.479. The summed E-state index contributed by atoms with van der Waals surface area (Å²) in [6.07, 6.45) is 4.52. The van der Waals surface area contributed by atoms with Gasteiger partial charge in [0.05, 0.1) is 6.07 Å². The van der Waals surface area contributed by atoms with Crippen LogP contribution in [0.15, 0.2) is 30.3 Å². The molecular formula is C18H22N6O. The van der Waals surface area contributed by atoms with Crippen LogP contribution in [0.3, 0.4) is 0 Å². The van der Waals surface area contributed by atoms with Gasteiger partial charge in [-0.25, -0.2) is 4.68 Å². The van der Waals surface area contributed by atoms with Crippen molar-refractivity contribution >= 4 is 5.91 Å². The molecule has 0 radical (unpaired) electrons. The molecule has 130 valence electrons. The van der Waals surface area contributed by atoms with Gasteiger partial charge in [-0.05, 0) is 54.5 Å². The predicted octanol–water partition coefficient (Wildman–Crippen LogP) is 1.66. The number of rotatable bonds is 8. The van der Waals surface area contributed by atoms with Crippen molar-refractivity contribution < 1.29 is 4.79 Å². The van der Waals surface area contributed by atoms with E-state index in [9.17, 15) is 10.1 Å². The zero-order valence-corrected chi connectivity index (χ0v) is 14.4. The number of nitrogens with zero attached hydrogens (tertiary/aromatic N) is 5. The van der Waals surface area contributed by atoms with Crippen LogP contribution in [0.4, 0.5) is 0 Å². The van der Waals surface area contributed by atoms with Crippen LogP contribution < -0.4 is 5.32 Å². The maximum Gasteiger partial charge on any atom is 0.243 e. The zero-order chi connectivity index (χ0) is 17.7. The van der Waals surface area contributed by atoms with Crippen molar-refractivity contribution in [3.8, 4) is 6.07 Å². The largest absolute Gasteiger partial charge is 0.336 e. The number of hydrogen-bond acceptors (Lipinski definition) is 5. The Kier molecular flexibility index (Phi) is 5.08. The Balaban J connectivity index is 1.53. The molecule has 1 heterocycles. The summed E-state index contributed by atoms with van der Waals surface area (Å²) in [5, 5.41) is 23.8. The van der Waals surface area contributed by atoms with Gasteiger partial charge in [-0.2, -0.15) is 5.26 Å². The van der Waals surface area contributed by atoms with Crippen LogP contribution in [0.25, 0.3) is 0 Å². The second-order valence-electron chi connectivity index (χ2n) is 6.73. The summed E-state index contributed by atoms with van der Waals surface area (Å²) in [4.78, 5) is 12.3. The summed E-state index contributed by atoms with van der Waals surface area (Å²) in [6, 6.07) is 12.5. The van der Waals surface area contributed by atoms with Gasteiger partial charge < -0.3 is 5.32 Å². The fraction of sp³-hybridized carbons (Fsp3) is 0.500. The third kappa shape index (κ3) is 4.41. The number of aryl methyl sites for hydroxylation is 2. The van der Waals surface area contributed by atoms with Crippen molar-refractivity contribution in [1.29, 1.82) is 5.26 Å². The molecule has 1 atom stereocenters. The van der Waals surface area contributed by atoms with Gasteiger partial charge in [0.2, 0.25) is 5.91 Å². The fourth-order valence-electron chi connectivity index (χ4n) is 2.97. The third-order valence-electron chi connectivity index (χ3n) is 4.63. The molecule has 0 unspecified atom stereocenters. The van der Waals surface area contributed by atoms with E-state index in [4.69, 9.17) is 0 Å². The number of aromatic nitrogens is 4. The minimum atomic E-state index is -0.793. The van der Waals surface area contributed by atoms with Crippen molar-refractivity contribution in [3.05, 3.63) is 41.7 Å². The van der Waals surface area contributed by atoms with Gasteiger partial charge in [0.25, 0.3) is 0 Å². The molecule has 7 heteroatoms.